The van der Waals surface area contributed by atoms with Gasteiger partial charge in [0.25, 0.3) is 15.7 Å². The van der Waals surface area contributed by atoms with Crippen LogP contribution in [0, 0.1) is 17.0 Å². The fraction of sp³-hybridized carbons (Fsp3) is 0.333. The second kappa shape index (κ2) is 7.28. The number of nitro groups is 1. The highest BCUT2D eigenvalue weighted by atomic mass is 32.2. The van der Waals surface area contributed by atoms with Crippen LogP contribution in [0.2, 0.25) is 0 Å². The third-order valence-electron chi connectivity index (χ3n) is 4.19. The Morgan fingerprint density at radius 3 is 1.85 bits per heavy atom. The Kier molecular flexibility index (Phi) is 5.36. The number of non-ortho nitro benzene ring substituents is 1. The van der Waals surface area contributed by atoms with Crippen LogP contribution in [0.1, 0.15) is 4.88 Å². The first-order valence-electron chi connectivity index (χ1n) is 7.93. The smallest absolute Gasteiger partial charge is 0.258 e. The average Bonchev–Trinajstić information content (AvgIpc) is 3.09. The molecule has 3 rings (SSSR count). The Morgan fingerprint density at radius 1 is 0.889 bits per heavy atom. The van der Waals surface area contributed by atoms with Gasteiger partial charge in [-0.25, -0.2) is 16.8 Å². The lowest BCUT2D eigenvalue weighted by Gasteiger charge is -2.32. The van der Waals surface area contributed by atoms with E-state index < -0.39 is 25.0 Å². The highest BCUT2D eigenvalue weighted by molar-refractivity contribution is 7.91. The minimum Gasteiger partial charge on any atom is -0.258 e. The van der Waals surface area contributed by atoms with E-state index in [-0.39, 0.29) is 41.0 Å². The number of hydrogen-bond donors (Lipinski definition) is 0. The summed E-state index contributed by atoms with van der Waals surface area (Å²) in [5, 5.41) is 10.7. The number of sulfonamides is 2. The van der Waals surface area contributed by atoms with Gasteiger partial charge in [0, 0.05) is 43.2 Å². The molecule has 0 N–H and O–H groups in total. The molecule has 1 saturated heterocycles. The molecule has 1 aliphatic heterocycles. The van der Waals surface area contributed by atoms with E-state index in [2.05, 4.69) is 0 Å². The van der Waals surface area contributed by atoms with E-state index in [1.807, 2.05) is 6.92 Å². The molecule has 27 heavy (non-hydrogen) atoms. The Morgan fingerprint density at radius 2 is 1.41 bits per heavy atom. The third kappa shape index (κ3) is 3.89. The van der Waals surface area contributed by atoms with E-state index in [0.29, 0.717) is 0 Å². The Hall–Kier alpha value is -1.86. The van der Waals surface area contributed by atoms with Gasteiger partial charge >= 0.3 is 0 Å². The monoisotopic (exact) mass is 431 g/mol. The first-order valence-corrected chi connectivity index (χ1v) is 11.6. The zero-order valence-electron chi connectivity index (χ0n) is 14.3. The van der Waals surface area contributed by atoms with Gasteiger partial charge in [0.05, 0.1) is 9.82 Å². The fourth-order valence-electron chi connectivity index (χ4n) is 2.72. The molecular weight excluding hydrogens is 414 g/mol. The van der Waals surface area contributed by atoms with Crippen molar-refractivity contribution in [2.75, 3.05) is 26.2 Å². The van der Waals surface area contributed by atoms with Gasteiger partial charge in [-0.05, 0) is 31.2 Å². The van der Waals surface area contributed by atoms with E-state index in [1.165, 1.54) is 32.1 Å². The van der Waals surface area contributed by atoms with Crippen molar-refractivity contribution in [1.82, 2.24) is 8.61 Å². The molecule has 1 aliphatic rings. The van der Waals surface area contributed by atoms with Gasteiger partial charge < -0.3 is 0 Å². The molecule has 1 aromatic carbocycles. The lowest BCUT2D eigenvalue weighted by Crippen LogP contribution is -2.50. The minimum absolute atomic E-state index is 0.0168. The molecule has 0 unspecified atom stereocenters. The van der Waals surface area contributed by atoms with Crippen LogP contribution >= 0.6 is 11.3 Å². The maximum atomic E-state index is 12.7. The summed E-state index contributed by atoms with van der Waals surface area (Å²) in [6.45, 7) is 1.95. The first-order chi connectivity index (χ1) is 12.6. The van der Waals surface area contributed by atoms with Gasteiger partial charge in [-0.15, -0.1) is 11.3 Å². The quantitative estimate of drug-likeness (QED) is 0.525. The minimum atomic E-state index is -3.84. The van der Waals surface area contributed by atoms with Crippen LogP contribution in [0.15, 0.2) is 45.5 Å². The molecule has 0 atom stereocenters. The second-order valence-electron chi connectivity index (χ2n) is 5.92. The molecular formula is C15H17N3O6S3. The lowest BCUT2D eigenvalue weighted by molar-refractivity contribution is -0.384. The van der Waals surface area contributed by atoms with Gasteiger partial charge in [0.1, 0.15) is 4.21 Å². The summed E-state index contributed by atoms with van der Waals surface area (Å²) in [5.41, 5.74) is -0.198. The summed E-state index contributed by atoms with van der Waals surface area (Å²) in [5.74, 6) is 0. The Balaban J connectivity index is 1.73. The van der Waals surface area contributed by atoms with Crippen molar-refractivity contribution in [3.05, 3.63) is 51.4 Å². The van der Waals surface area contributed by atoms with Crippen molar-refractivity contribution in [2.24, 2.45) is 0 Å². The molecule has 1 fully saturated rings. The van der Waals surface area contributed by atoms with Crippen molar-refractivity contribution in [3.63, 3.8) is 0 Å². The van der Waals surface area contributed by atoms with Crippen molar-refractivity contribution < 1.29 is 21.8 Å². The van der Waals surface area contributed by atoms with E-state index in [9.17, 15) is 26.9 Å². The predicted octanol–water partition coefficient (Wildman–Crippen LogP) is 1.66. The molecule has 2 heterocycles. The number of thiophene rings is 1. The van der Waals surface area contributed by atoms with E-state index in [4.69, 9.17) is 0 Å². The molecule has 12 heteroatoms. The molecule has 1 aromatic heterocycles. The number of nitrogens with zero attached hydrogens (tertiary/aromatic N) is 3. The molecule has 0 saturated carbocycles. The normalized spacial score (nSPS) is 17.1. The van der Waals surface area contributed by atoms with Crippen LogP contribution in [0.25, 0.3) is 0 Å². The second-order valence-corrected chi connectivity index (χ2v) is 11.3. The fourth-order valence-corrected chi connectivity index (χ4v) is 7.00. The van der Waals surface area contributed by atoms with E-state index in [1.54, 1.807) is 12.1 Å². The van der Waals surface area contributed by atoms with Crippen molar-refractivity contribution in [1.29, 1.82) is 0 Å². The summed E-state index contributed by atoms with van der Waals surface area (Å²) in [6, 6.07) is 7.91. The number of hydrogen-bond acceptors (Lipinski definition) is 7. The molecule has 146 valence electrons. The van der Waals surface area contributed by atoms with Crippen LogP contribution in [0.3, 0.4) is 0 Å². The van der Waals surface area contributed by atoms with Gasteiger partial charge in [-0.2, -0.15) is 8.61 Å². The largest absolute Gasteiger partial charge is 0.269 e. The third-order valence-corrected chi connectivity index (χ3v) is 9.47. The zero-order chi connectivity index (χ0) is 19.8. The molecule has 0 amide bonds. The number of rotatable bonds is 5. The van der Waals surface area contributed by atoms with Crippen LogP contribution in [0.5, 0.6) is 0 Å². The van der Waals surface area contributed by atoms with Crippen molar-refractivity contribution in [2.45, 2.75) is 16.0 Å². The summed E-state index contributed by atoms with van der Waals surface area (Å²) < 4.78 is 53.4. The maximum absolute atomic E-state index is 12.7. The zero-order valence-corrected chi connectivity index (χ0v) is 16.8. The molecule has 2 aromatic rings. The van der Waals surface area contributed by atoms with Gasteiger partial charge in [-0.1, -0.05) is 0 Å². The van der Waals surface area contributed by atoms with Gasteiger partial charge in [0.15, 0.2) is 0 Å². The Labute approximate surface area is 161 Å². The van der Waals surface area contributed by atoms with Gasteiger partial charge in [-0.3, -0.25) is 10.1 Å². The predicted molar refractivity (Wildman–Crippen MR) is 99.7 cm³/mol. The number of nitro benzene ring substituents is 1. The molecule has 9 nitrogen and oxygen atoms in total. The highest BCUT2D eigenvalue weighted by Gasteiger charge is 2.34. The molecule has 0 spiro atoms. The molecule has 0 aliphatic carbocycles. The highest BCUT2D eigenvalue weighted by Crippen LogP contribution is 2.26. The standard InChI is InChI=1S/C15H17N3O6S3/c1-12-2-7-15(25-12)27(23,24)17-10-8-16(9-11-17)26(21,22)14-5-3-13(4-6-14)18(19)20/h2-7H,8-11H2,1H3. The van der Waals surface area contributed by atoms with Crippen LogP contribution in [-0.4, -0.2) is 56.5 Å². The maximum Gasteiger partial charge on any atom is 0.269 e. The van der Waals surface area contributed by atoms with Crippen LogP contribution < -0.4 is 0 Å². The lowest BCUT2D eigenvalue weighted by atomic mass is 10.3. The number of benzene rings is 1. The van der Waals surface area contributed by atoms with Crippen LogP contribution in [-0.2, 0) is 20.0 Å². The van der Waals surface area contributed by atoms with Crippen molar-refractivity contribution >= 4 is 37.1 Å². The number of piperazine rings is 1. The number of aryl methyl sites for hydroxylation is 1. The molecule has 0 radical (unpaired) electrons. The topological polar surface area (TPSA) is 118 Å². The van der Waals surface area contributed by atoms with Crippen molar-refractivity contribution in [3.8, 4) is 0 Å². The summed E-state index contributed by atoms with van der Waals surface area (Å²) in [4.78, 5) is 10.9. The average molecular weight is 432 g/mol. The van der Waals surface area contributed by atoms with E-state index >= 15 is 0 Å². The van der Waals surface area contributed by atoms with E-state index in [0.717, 1.165) is 17.0 Å². The summed E-state index contributed by atoms with van der Waals surface area (Å²) in [6.07, 6.45) is 0. The SMILES string of the molecule is Cc1ccc(S(=O)(=O)N2CCN(S(=O)(=O)c3ccc([N+](=O)[O-])cc3)CC2)s1. The first kappa shape index (κ1) is 19.9. The summed E-state index contributed by atoms with van der Waals surface area (Å²) in [7, 11) is -7.48. The Bertz CT molecular complexity index is 1050. The van der Waals surface area contributed by atoms with Crippen LogP contribution in [0.4, 0.5) is 5.69 Å². The molecule has 0 bridgehead atoms. The van der Waals surface area contributed by atoms with Gasteiger partial charge in [0.2, 0.25) is 10.0 Å². The summed E-state index contributed by atoms with van der Waals surface area (Å²) >= 11 is 1.18.